The normalized spacial score (nSPS) is 14.1. The van der Waals surface area contributed by atoms with Gasteiger partial charge in [-0.3, -0.25) is 9.79 Å². The van der Waals surface area contributed by atoms with Crippen LogP contribution >= 0.6 is 34.9 Å². The number of carbonyl (C=O) groups excluding carboxylic acids is 1. The van der Waals surface area contributed by atoms with Gasteiger partial charge in [-0.2, -0.15) is 0 Å². The van der Waals surface area contributed by atoms with E-state index in [9.17, 15) is 4.79 Å². The molecule has 8 heteroatoms. The van der Waals surface area contributed by atoms with E-state index in [1.807, 2.05) is 18.2 Å². The maximum Gasteiger partial charge on any atom is 0.226 e. The summed E-state index contributed by atoms with van der Waals surface area (Å²) in [6.45, 7) is 0.897. The lowest BCUT2D eigenvalue weighted by Gasteiger charge is -2.01. The van der Waals surface area contributed by atoms with Crippen LogP contribution in [-0.4, -0.2) is 40.4 Å². The lowest BCUT2D eigenvalue weighted by Crippen LogP contribution is -2.12. The molecule has 22 heavy (non-hydrogen) atoms. The molecule has 1 aromatic heterocycles. The van der Waals surface area contributed by atoms with Crippen molar-refractivity contribution in [3.05, 3.63) is 18.2 Å². The van der Waals surface area contributed by atoms with Crippen molar-refractivity contribution in [1.29, 1.82) is 0 Å². The van der Waals surface area contributed by atoms with Crippen molar-refractivity contribution >= 4 is 60.5 Å². The number of methoxy groups -OCH3 is 1. The van der Waals surface area contributed by atoms with E-state index in [4.69, 9.17) is 4.74 Å². The number of benzene rings is 1. The molecule has 0 saturated heterocycles. The molecule has 2 aromatic rings. The number of thiazole rings is 1. The Morgan fingerprint density at radius 1 is 1.50 bits per heavy atom. The zero-order valence-corrected chi connectivity index (χ0v) is 14.4. The molecule has 0 unspecified atom stereocenters. The van der Waals surface area contributed by atoms with Gasteiger partial charge in [0.1, 0.15) is 10.1 Å². The van der Waals surface area contributed by atoms with Gasteiger partial charge in [0.25, 0.3) is 0 Å². The van der Waals surface area contributed by atoms with Crippen LogP contribution < -0.4 is 10.1 Å². The van der Waals surface area contributed by atoms with Crippen LogP contribution in [0.5, 0.6) is 5.75 Å². The monoisotopic (exact) mass is 353 g/mol. The average Bonchev–Trinajstić information content (AvgIpc) is 3.15. The molecular weight excluding hydrogens is 338 g/mol. The fourth-order valence-corrected chi connectivity index (χ4v) is 4.83. The second kappa shape index (κ2) is 7.34. The number of fused-ring (bicyclic) bond motifs is 1. The van der Waals surface area contributed by atoms with Gasteiger partial charge in [0.05, 0.1) is 23.9 Å². The van der Waals surface area contributed by atoms with E-state index in [-0.39, 0.29) is 5.91 Å². The molecule has 2 heterocycles. The number of thioether (sulfide) groups is 2. The van der Waals surface area contributed by atoms with Crippen molar-refractivity contribution in [2.24, 2.45) is 4.99 Å². The number of aromatic nitrogens is 1. The Morgan fingerprint density at radius 2 is 2.41 bits per heavy atom. The largest absolute Gasteiger partial charge is 0.497 e. The highest BCUT2D eigenvalue weighted by Crippen LogP contribution is 2.29. The summed E-state index contributed by atoms with van der Waals surface area (Å²) in [4.78, 5) is 20.7. The van der Waals surface area contributed by atoms with Crippen LogP contribution in [0.4, 0.5) is 5.13 Å². The van der Waals surface area contributed by atoms with Crippen LogP contribution in [0.15, 0.2) is 23.2 Å². The first kappa shape index (κ1) is 15.6. The van der Waals surface area contributed by atoms with E-state index >= 15 is 0 Å². The Bertz CT molecular complexity index is 714. The van der Waals surface area contributed by atoms with Crippen molar-refractivity contribution in [1.82, 2.24) is 4.98 Å². The number of amides is 1. The van der Waals surface area contributed by atoms with E-state index in [2.05, 4.69) is 15.3 Å². The summed E-state index contributed by atoms with van der Waals surface area (Å²) in [5.41, 5.74) is 0.868. The van der Waals surface area contributed by atoms with Gasteiger partial charge in [-0.25, -0.2) is 4.98 Å². The predicted octanol–water partition coefficient (Wildman–Crippen LogP) is 3.47. The first-order chi connectivity index (χ1) is 10.7. The molecule has 0 fully saturated rings. The molecule has 1 aliphatic heterocycles. The maximum atomic E-state index is 12.0. The third-order valence-corrected chi connectivity index (χ3v) is 6.14. The van der Waals surface area contributed by atoms with Crippen LogP contribution in [0, 0.1) is 0 Å². The highest BCUT2D eigenvalue weighted by molar-refractivity contribution is 8.39. The summed E-state index contributed by atoms with van der Waals surface area (Å²) in [6.07, 6.45) is 0.462. The summed E-state index contributed by atoms with van der Waals surface area (Å²) < 4.78 is 7.29. The summed E-state index contributed by atoms with van der Waals surface area (Å²) in [7, 11) is 1.63. The van der Waals surface area contributed by atoms with Gasteiger partial charge in [0.2, 0.25) is 5.91 Å². The summed E-state index contributed by atoms with van der Waals surface area (Å²) in [5.74, 6) is 2.59. The number of hydrogen-bond donors (Lipinski definition) is 1. The minimum absolute atomic E-state index is 0.0119. The van der Waals surface area contributed by atoms with E-state index < -0.39 is 0 Å². The van der Waals surface area contributed by atoms with Crippen LogP contribution in [0.3, 0.4) is 0 Å². The van der Waals surface area contributed by atoms with E-state index in [1.54, 1.807) is 30.6 Å². The highest BCUT2D eigenvalue weighted by atomic mass is 32.2. The van der Waals surface area contributed by atoms with Crippen molar-refractivity contribution in [2.75, 3.05) is 30.5 Å². The number of aliphatic imine (C=N–C) groups is 1. The van der Waals surface area contributed by atoms with Crippen molar-refractivity contribution in [3.63, 3.8) is 0 Å². The second-order valence-corrected chi connectivity index (χ2v) is 7.95. The van der Waals surface area contributed by atoms with Gasteiger partial charge in [-0.05, 0) is 18.2 Å². The van der Waals surface area contributed by atoms with Gasteiger partial charge < -0.3 is 10.1 Å². The van der Waals surface area contributed by atoms with Gasteiger partial charge in [-0.1, -0.05) is 34.9 Å². The molecular formula is C14H15N3O2S3. The molecule has 0 aliphatic carbocycles. The van der Waals surface area contributed by atoms with Crippen LogP contribution in [0.25, 0.3) is 10.2 Å². The maximum absolute atomic E-state index is 12.0. The number of nitrogens with one attached hydrogen (secondary N) is 1. The Labute approximate surface area is 140 Å². The zero-order valence-electron chi connectivity index (χ0n) is 12.0. The third kappa shape index (κ3) is 3.93. The molecule has 116 valence electrons. The minimum Gasteiger partial charge on any atom is -0.497 e. The summed E-state index contributed by atoms with van der Waals surface area (Å²) in [5, 5.41) is 3.49. The Hall–Kier alpha value is -1.25. The molecule has 1 aliphatic rings. The second-order valence-electron chi connectivity index (χ2n) is 4.50. The van der Waals surface area contributed by atoms with Crippen LogP contribution in [-0.2, 0) is 4.79 Å². The van der Waals surface area contributed by atoms with Crippen molar-refractivity contribution in [2.45, 2.75) is 6.42 Å². The third-order valence-electron chi connectivity index (χ3n) is 2.95. The minimum atomic E-state index is -0.0119. The molecule has 0 bridgehead atoms. The first-order valence-corrected chi connectivity index (χ1v) is 9.58. The lowest BCUT2D eigenvalue weighted by molar-refractivity contribution is -0.115. The number of ether oxygens (including phenoxy) is 1. The average molecular weight is 353 g/mol. The first-order valence-electron chi connectivity index (χ1n) is 6.79. The fraction of sp³-hybridized carbons (Fsp3) is 0.357. The van der Waals surface area contributed by atoms with Crippen LogP contribution in [0.1, 0.15) is 6.42 Å². The van der Waals surface area contributed by atoms with Crippen LogP contribution in [0.2, 0.25) is 0 Å². The smallest absolute Gasteiger partial charge is 0.226 e. The number of hydrogen-bond acceptors (Lipinski definition) is 7. The summed E-state index contributed by atoms with van der Waals surface area (Å²) >= 11 is 4.87. The quantitative estimate of drug-likeness (QED) is 0.892. The molecule has 1 N–H and O–H groups in total. The number of carbonyl (C=O) groups is 1. The predicted molar refractivity (Wildman–Crippen MR) is 96.6 cm³/mol. The summed E-state index contributed by atoms with van der Waals surface area (Å²) in [6, 6.07) is 5.68. The van der Waals surface area contributed by atoms with Gasteiger partial charge in [-0.15, -0.1) is 0 Å². The molecule has 0 spiro atoms. The van der Waals surface area contributed by atoms with E-state index in [1.165, 1.54) is 11.3 Å². The standard InChI is InChI=1S/C14H15N3O2S3/c1-19-9-2-3-10-11(8-9)22-13(16-10)17-12(18)4-6-20-14-15-5-7-21-14/h2-3,8H,4-7H2,1H3,(H,16,17,18). The van der Waals surface area contributed by atoms with E-state index in [0.717, 1.165) is 38.4 Å². The number of nitrogens with zero attached hydrogens (tertiary/aromatic N) is 2. The number of rotatable bonds is 5. The SMILES string of the molecule is COc1ccc2nc(NC(=O)CCSC3=NCCS3)sc2c1. The highest BCUT2D eigenvalue weighted by Gasteiger charge is 2.11. The van der Waals surface area contributed by atoms with Gasteiger partial charge in [0, 0.05) is 17.9 Å². The Kier molecular flexibility index (Phi) is 5.22. The molecule has 0 saturated carbocycles. The van der Waals surface area contributed by atoms with Gasteiger partial charge in [0.15, 0.2) is 5.13 Å². The molecule has 0 atom stereocenters. The molecule has 3 rings (SSSR count). The van der Waals surface area contributed by atoms with Crippen molar-refractivity contribution in [3.8, 4) is 5.75 Å². The molecule has 1 amide bonds. The van der Waals surface area contributed by atoms with Crippen molar-refractivity contribution < 1.29 is 9.53 Å². The topological polar surface area (TPSA) is 63.6 Å². The fourth-order valence-electron chi connectivity index (χ4n) is 1.90. The van der Waals surface area contributed by atoms with Gasteiger partial charge >= 0.3 is 0 Å². The molecule has 1 aromatic carbocycles. The molecule has 5 nitrogen and oxygen atoms in total. The zero-order chi connectivity index (χ0) is 15.4. The van der Waals surface area contributed by atoms with E-state index in [0.29, 0.717) is 11.6 Å². The number of anilines is 1. The lowest BCUT2D eigenvalue weighted by atomic mass is 10.3. The Morgan fingerprint density at radius 3 is 3.18 bits per heavy atom. The Balaban J connectivity index is 1.54. The molecule has 0 radical (unpaired) electrons.